The highest BCUT2D eigenvalue weighted by atomic mass is 35.5. The third-order valence-corrected chi connectivity index (χ3v) is 4.91. The van der Waals surface area contributed by atoms with Crippen molar-refractivity contribution >= 4 is 44.7 Å². The van der Waals surface area contributed by atoms with Crippen LogP contribution in [0.15, 0.2) is 66.7 Å². The Hall–Kier alpha value is -2.76. The molecule has 4 nitrogen and oxygen atoms in total. The molecule has 6 heteroatoms. The van der Waals surface area contributed by atoms with Crippen molar-refractivity contribution in [2.45, 2.75) is 0 Å². The zero-order valence-electron chi connectivity index (χ0n) is 12.9. The molecule has 0 saturated carbocycles. The average Bonchev–Trinajstić information content (AvgIpc) is 3.10. The smallest absolute Gasteiger partial charge is 0.258 e. The van der Waals surface area contributed by atoms with Gasteiger partial charge in [-0.15, -0.1) is 10.2 Å². The van der Waals surface area contributed by atoms with Gasteiger partial charge in [-0.3, -0.25) is 10.1 Å². The van der Waals surface area contributed by atoms with Gasteiger partial charge < -0.3 is 0 Å². The minimum Gasteiger partial charge on any atom is -0.296 e. The largest absolute Gasteiger partial charge is 0.296 e. The molecule has 25 heavy (non-hydrogen) atoms. The number of halogens is 1. The third kappa shape index (κ3) is 3.24. The van der Waals surface area contributed by atoms with E-state index in [1.54, 1.807) is 18.2 Å². The summed E-state index contributed by atoms with van der Waals surface area (Å²) in [6.45, 7) is 0. The molecular weight excluding hydrogens is 354 g/mol. The molecule has 0 aliphatic heterocycles. The molecule has 3 aromatic carbocycles. The van der Waals surface area contributed by atoms with Gasteiger partial charge in [-0.1, -0.05) is 71.5 Å². The fourth-order valence-electron chi connectivity index (χ4n) is 2.57. The number of aromatic nitrogens is 2. The van der Waals surface area contributed by atoms with Crippen molar-refractivity contribution in [3.05, 3.63) is 77.3 Å². The molecule has 0 spiro atoms. The summed E-state index contributed by atoms with van der Waals surface area (Å²) in [6, 6.07) is 20.8. The highest BCUT2D eigenvalue weighted by Crippen LogP contribution is 2.28. The third-order valence-electron chi connectivity index (χ3n) is 3.77. The van der Waals surface area contributed by atoms with Crippen LogP contribution in [-0.4, -0.2) is 16.1 Å². The number of amides is 1. The van der Waals surface area contributed by atoms with Crippen LogP contribution in [0.2, 0.25) is 5.02 Å². The molecule has 4 aromatic rings. The second kappa shape index (κ2) is 6.63. The van der Waals surface area contributed by atoms with Crippen LogP contribution < -0.4 is 5.32 Å². The van der Waals surface area contributed by atoms with Crippen molar-refractivity contribution < 1.29 is 4.79 Å². The lowest BCUT2D eigenvalue weighted by Crippen LogP contribution is -2.12. The Morgan fingerprint density at radius 2 is 1.68 bits per heavy atom. The number of hydrogen-bond donors (Lipinski definition) is 1. The number of carbonyl (C=O) groups excluding carboxylic acids is 1. The minimum absolute atomic E-state index is 0.199. The lowest BCUT2D eigenvalue weighted by Gasteiger charge is -2.05. The van der Waals surface area contributed by atoms with E-state index in [1.807, 2.05) is 48.5 Å². The summed E-state index contributed by atoms with van der Waals surface area (Å²) >= 11 is 7.22. The van der Waals surface area contributed by atoms with E-state index in [4.69, 9.17) is 11.6 Å². The van der Waals surface area contributed by atoms with Crippen LogP contribution in [0.5, 0.6) is 0 Å². The standard InChI is InChI=1S/C19H12ClN3OS/c20-14-10-8-13(9-11-14)18-22-23-19(25-18)21-17(24)16-7-3-5-12-4-1-2-6-15(12)16/h1-11H,(H,21,23,24). The maximum atomic E-state index is 12.6. The van der Waals surface area contributed by atoms with Gasteiger partial charge in [-0.25, -0.2) is 0 Å². The van der Waals surface area contributed by atoms with Gasteiger partial charge >= 0.3 is 0 Å². The number of fused-ring (bicyclic) bond motifs is 1. The maximum absolute atomic E-state index is 12.6. The summed E-state index contributed by atoms with van der Waals surface area (Å²) in [7, 11) is 0. The van der Waals surface area contributed by atoms with Crippen molar-refractivity contribution in [2.24, 2.45) is 0 Å². The van der Waals surface area contributed by atoms with Crippen LogP contribution in [0.25, 0.3) is 21.3 Å². The first-order valence-corrected chi connectivity index (χ1v) is 8.79. The van der Waals surface area contributed by atoms with E-state index in [1.165, 1.54) is 11.3 Å². The molecule has 1 heterocycles. The molecule has 4 rings (SSSR count). The number of nitrogens with zero attached hydrogens (tertiary/aromatic N) is 2. The summed E-state index contributed by atoms with van der Waals surface area (Å²) in [5.74, 6) is -0.199. The van der Waals surface area contributed by atoms with Gasteiger partial charge in [-0.05, 0) is 29.0 Å². The summed E-state index contributed by atoms with van der Waals surface area (Å²) in [4.78, 5) is 12.6. The number of anilines is 1. The molecule has 1 N–H and O–H groups in total. The first kappa shape index (κ1) is 15.7. The molecule has 0 unspecified atom stereocenters. The number of carbonyl (C=O) groups is 1. The Labute approximate surface area is 153 Å². The molecule has 0 aliphatic carbocycles. The zero-order valence-corrected chi connectivity index (χ0v) is 14.5. The highest BCUT2D eigenvalue weighted by Gasteiger charge is 2.13. The van der Waals surface area contributed by atoms with Crippen LogP contribution in [0.1, 0.15) is 10.4 Å². The van der Waals surface area contributed by atoms with Gasteiger partial charge in [-0.2, -0.15) is 0 Å². The summed E-state index contributed by atoms with van der Waals surface area (Å²) in [5, 5.41) is 14.8. The van der Waals surface area contributed by atoms with Crippen molar-refractivity contribution in [3.8, 4) is 10.6 Å². The monoisotopic (exact) mass is 365 g/mol. The molecule has 1 amide bonds. The van der Waals surface area contributed by atoms with Gasteiger partial charge in [0.2, 0.25) is 5.13 Å². The number of hydrogen-bond acceptors (Lipinski definition) is 4. The van der Waals surface area contributed by atoms with Gasteiger partial charge in [0.05, 0.1) is 0 Å². The molecule has 0 radical (unpaired) electrons. The molecule has 1 aromatic heterocycles. The van der Waals surface area contributed by atoms with Crippen LogP contribution in [0, 0.1) is 0 Å². The summed E-state index contributed by atoms with van der Waals surface area (Å²) in [5.41, 5.74) is 1.52. The van der Waals surface area contributed by atoms with E-state index >= 15 is 0 Å². The van der Waals surface area contributed by atoms with E-state index < -0.39 is 0 Å². The van der Waals surface area contributed by atoms with Crippen LogP contribution in [0.3, 0.4) is 0 Å². The van der Waals surface area contributed by atoms with Crippen molar-refractivity contribution in [2.75, 3.05) is 5.32 Å². The number of nitrogens with one attached hydrogen (secondary N) is 1. The predicted molar refractivity (Wildman–Crippen MR) is 102 cm³/mol. The first-order valence-electron chi connectivity index (χ1n) is 7.59. The number of benzene rings is 3. The van der Waals surface area contributed by atoms with E-state index in [2.05, 4.69) is 15.5 Å². The fourth-order valence-corrected chi connectivity index (χ4v) is 3.44. The van der Waals surface area contributed by atoms with Gasteiger partial charge in [0.1, 0.15) is 5.01 Å². The molecule has 0 bridgehead atoms. The van der Waals surface area contributed by atoms with Crippen molar-refractivity contribution in [1.29, 1.82) is 0 Å². The molecule has 122 valence electrons. The van der Waals surface area contributed by atoms with E-state index in [9.17, 15) is 4.79 Å². The maximum Gasteiger partial charge on any atom is 0.258 e. The van der Waals surface area contributed by atoms with Crippen LogP contribution in [-0.2, 0) is 0 Å². The quantitative estimate of drug-likeness (QED) is 0.538. The van der Waals surface area contributed by atoms with Crippen molar-refractivity contribution in [1.82, 2.24) is 10.2 Å². The second-order valence-electron chi connectivity index (χ2n) is 5.40. The fraction of sp³-hybridized carbons (Fsp3) is 0. The topological polar surface area (TPSA) is 54.9 Å². The summed E-state index contributed by atoms with van der Waals surface area (Å²) in [6.07, 6.45) is 0. The average molecular weight is 366 g/mol. The second-order valence-corrected chi connectivity index (χ2v) is 6.81. The summed E-state index contributed by atoms with van der Waals surface area (Å²) < 4.78 is 0. The molecule has 0 aliphatic rings. The van der Waals surface area contributed by atoms with Crippen LogP contribution in [0.4, 0.5) is 5.13 Å². The Morgan fingerprint density at radius 1 is 0.920 bits per heavy atom. The molecule has 0 fully saturated rings. The lowest BCUT2D eigenvalue weighted by molar-refractivity contribution is 0.102. The SMILES string of the molecule is O=C(Nc1nnc(-c2ccc(Cl)cc2)s1)c1cccc2ccccc12. The predicted octanol–water partition coefficient (Wildman–Crippen LogP) is 5.26. The molecular formula is C19H12ClN3OS. The van der Waals surface area contributed by atoms with Gasteiger partial charge in [0.25, 0.3) is 5.91 Å². The Morgan fingerprint density at radius 3 is 2.52 bits per heavy atom. The van der Waals surface area contributed by atoms with Crippen molar-refractivity contribution in [3.63, 3.8) is 0 Å². The zero-order chi connectivity index (χ0) is 17.2. The Balaban J connectivity index is 1.60. The van der Waals surface area contributed by atoms with Gasteiger partial charge in [0.15, 0.2) is 0 Å². The highest BCUT2D eigenvalue weighted by molar-refractivity contribution is 7.18. The molecule has 0 atom stereocenters. The van der Waals surface area contributed by atoms with E-state index in [0.29, 0.717) is 15.7 Å². The van der Waals surface area contributed by atoms with E-state index in [-0.39, 0.29) is 5.91 Å². The Kier molecular flexibility index (Phi) is 4.17. The Bertz CT molecular complexity index is 1050. The minimum atomic E-state index is -0.199. The van der Waals surface area contributed by atoms with E-state index in [0.717, 1.165) is 21.3 Å². The van der Waals surface area contributed by atoms with Gasteiger partial charge in [0, 0.05) is 16.1 Å². The first-order chi connectivity index (χ1) is 12.2. The molecule has 0 saturated heterocycles. The number of rotatable bonds is 3. The van der Waals surface area contributed by atoms with Crippen LogP contribution >= 0.6 is 22.9 Å². The normalized spacial score (nSPS) is 10.8. The lowest BCUT2D eigenvalue weighted by atomic mass is 10.0.